The number of amides is 1. The molecule has 3 rings (SSSR count). The van der Waals surface area contributed by atoms with Crippen LogP contribution in [0.4, 0.5) is 0 Å². The fraction of sp³-hybridized carbons (Fsp3) is 0.320. The molecular formula is C25H29N3O4. The van der Waals surface area contributed by atoms with Crippen LogP contribution in [0.1, 0.15) is 31.0 Å². The quantitative estimate of drug-likeness (QED) is 0.267. The molecule has 7 heteroatoms. The number of Topliss-reactive ketones (excluding diaryl/α,β-unsaturated/α-hetero) is 1. The molecule has 1 aromatic heterocycles. The van der Waals surface area contributed by atoms with E-state index in [-0.39, 0.29) is 11.3 Å². The number of aromatic nitrogens is 1. The third-order valence-corrected chi connectivity index (χ3v) is 5.59. The second-order valence-corrected chi connectivity index (χ2v) is 7.43. The molecule has 7 nitrogen and oxygen atoms in total. The smallest absolute Gasteiger partial charge is 0.295 e. The Morgan fingerprint density at radius 3 is 2.53 bits per heavy atom. The second kappa shape index (κ2) is 10.7. The maximum atomic E-state index is 13.0. The summed E-state index contributed by atoms with van der Waals surface area (Å²) in [7, 11) is 0. The van der Waals surface area contributed by atoms with Gasteiger partial charge in [0.05, 0.1) is 11.6 Å². The fourth-order valence-corrected chi connectivity index (χ4v) is 3.80. The number of aliphatic hydroxyl groups is 1. The Hall–Kier alpha value is -3.45. The number of rotatable bonds is 10. The highest BCUT2D eigenvalue weighted by Crippen LogP contribution is 2.39. The number of aliphatic hydroxyl groups excluding tert-OH is 1. The first-order valence-corrected chi connectivity index (χ1v) is 10.8. The van der Waals surface area contributed by atoms with Gasteiger partial charge in [-0.05, 0) is 49.0 Å². The van der Waals surface area contributed by atoms with Crippen LogP contribution < -0.4 is 4.74 Å². The zero-order valence-electron chi connectivity index (χ0n) is 18.5. The minimum absolute atomic E-state index is 0.0716. The Morgan fingerprint density at radius 2 is 1.94 bits per heavy atom. The maximum absolute atomic E-state index is 13.0. The van der Waals surface area contributed by atoms with E-state index in [1.54, 1.807) is 48.8 Å². The molecule has 168 valence electrons. The van der Waals surface area contributed by atoms with Crippen LogP contribution in [-0.2, 0) is 9.59 Å². The molecule has 1 aliphatic rings. The van der Waals surface area contributed by atoms with Gasteiger partial charge in [0.2, 0.25) is 0 Å². The first kappa shape index (κ1) is 23.2. The van der Waals surface area contributed by atoms with Crippen molar-refractivity contribution in [2.75, 3.05) is 32.8 Å². The largest absolute Gasteiger partial charge is 0.507 e. The van der Waals surface area contributed by atoms with Gasteiger partial charge in [-0.2, -0.15) is 0 Å². The second-order valence-electron chi connectivity index (χ2n) is 7.43. The number of likely N-dealkylation sites (tertiary alicyclic amines) is 1. The van der Waals surface area contributed by atoms with E-state index in [1.807, 2.05) is 6.07 Å². The fourth-order valence-electron chi connectivity index (χ4n) is 3.80. The van der Waals surface area contributed by atoms with Gasteiger partial charge < -0.3 is 19.6 Å². The van der Waals surface area contributed by atoms with E-state index in [4.69, 9.17) is 4.74 Å². The number of pyridine rings is 1. The van der Waals surface area contributed by atoms with Crippen LogP contribution in [0.25, 0.3) is 5.76 Å². The molecule has 32 heavy (non-hydrogen) atoms. The van der Waals surface area contributed by atoms with Crippen molar-refractivity contribution in [3.05, 3.63) is 78.1 Å². The van der Waals surface area contributed by atoms with E-state index in [0.717, 1.165) is 13.1 Å². The van der Waals surface area contributed by atoms with Crippen LogP contribution >= 0.6 is 0 Å². The Labute approximate surface area is 188 Å². The molecule has 1 saturated heterocycles. The lowest BCUT2D eigenvalue weighted by Crippen LogP contribution is -2.38. The van der Waals surface area contributed by atoms with Gasteiger partial charge in [0.15, 0.2) is 0 Å². The normalized spacial score (nSPS) is 17.7. The molecule has 1 amide bonds. The van der Waals surface area contributed by atoms with Crippen LogP contribution in [0.5, 0.6) is 5.75 Å². The summed E-state index contributed by atoms with van der Waals surface area (Å²) in [6.45, 7) is 10.8. The van der Waals surface area contributed by atoms with E-state index in [0.29, 0.717) is 36.6 Å². The summed E-state index contributed by atoms with van der Waals surface area (Å²) >= 11 is 0. The van der Waals surface area contributed by atoms with Gasteiger partial charge in [-0.15, -0.1) is 0 Å². The molecule has 0 saturated carbocycles. The molecule has 0 unspecified atom stereocenters. The predicted octanol–water partition coefficient (Wildman–Crippen LogP) is 3.41. The molecule has 1 aliphatic heterocycles. The Morgan fingerprint density at radius 1 is 1.22 bits per heavy atom. The lowest BCUT2D eigenvalue weighted by Gasteiger charge is -2.28. The topological polar surface area (TPSA) is 83.0 Å². The average molecular weight is 436 g/mol. The molecule has 0 bridgehead atoms. The first-order chi connectivity index (χ1) is 15.5. The molecule has 1 N–H and O–H groups in total. The lowest BCUT2D eigenvalue weighted by molar-refractivity contribution is -0.140. The van der Waals surface area contributed by atoms with Crippen LogP contribution in [0.2, 0.25) is 0 Å². The summed E-state index contributed by atoms with van der Waals surface area (Å²) in [4.78, 5) is 33.9. The van der Waals surface area contributed by atoms with E-state index < -0.39 is 17.7 Å². The first-order valence-electron chi connectivity index (χ1n) is 10.8. The monoisotopic (exact) mass is 435 g/mol. The highest BCUT2D eigenvalue weighted by atomic mass is 16.5. The third kappa shape index (κ3) is 4.89. The van der Waals surface area contributed by atoms with Crippen LogP contribution in [0, 0.1) is 0 Å². The predicted molar refractivity (Wildman–Crippen MR) is 123 cm³/mol. The van der Waals surface area contributed by atoms with Gasteiger partial charge in [0.25, 0.3) is 11.7 Å². The van der Waals surface area contributed by atoms with Crippen molar-refractivity contribution in [2.45, 2.75) is 19.9 Å². The number of hydrogen-bond donors (Lipinski definition) is 1. The van der Waals surface area contributed by atoms with Crippen molar-refractivity contribution >= 4 is 17.4 Å². The summed E-state index contributed by atoms with van der Waals surface area (Å²) in [5.74, 6) is -0.899. The van der Waals surface area contributed by atoms with Crippen molar-refractivity contribution in [2.24, 2.45) is 0 Å². The molecule has 1 atom stereocenters. The summed E-state index contributed by atoms with van der Waals surface area (Å²) in [5, 5.41) is 11.1. The minimum atomic E-state index is -0.698. The zero-order chi connectivity index (χ0) is 23.1. The number of benzene rings is 1. The van der Waals surface area contributed by atoms with Crippen molar-refractivity contribution in [3.63, 3.8) is 0 Å². The molecule has 0 aliphatic carbocycles. The van der Waals surface area contributed by atoms with Crippen LogP contribution in [0.15, 0.2) is 67.0 Å². The van der Waals surface area contributed by atoms with Gasteiger partial charge in [-0.3, -0.25) is 14.6 Å². The molecule has 1 fully saturated rings. The number of carbonyl (C=O) groups excluding carboxylic acids is 2. The van der Waals surface area contributed by atoms with Gasteiger partial charge in [-0.25, -0.2) is 0 Å². The molecule has 0 radical (unpaired) electrons. The Balaban J connectivity index is 2.00. The van der Waals surface area contributed by atoms with Crippen molar-refractivity contribution in [1.29, 1.82) is 0 Å². The number of carbonyl (C=O) groups is 2. The molecule has 2 heterocycles. The highest BCUT2D eigenvalue weighted by Gasteiger charge is 2.46. The third-order valence-electron chi connectivity index (χ3n) is 5.59. The maximum Gasteiger partial charge on any atom is 0.295 e. The lowest BCUT2D eigenvalue weighted by atomic mass is 9.96. The molecule has 2 aromatic rings. The van der Waals surface area contributed by atoms with Crippen molar-refractivity contribution in [1.82, 2.24) is 14.8 Å². The number of ketones is 1. The van der Waals surface area contributed by atoms with E-state index in [1.165, 1.54) is 4.90 Å². The van der Waals surface area contributed by atoms with E-state index >= 15 is 0 Å². The van der Waals surface area contributed by atoms with Gasteiger partial charge in [-0.1, -0.05) is 32.6 Å². The van der Waals surface area contributed by atoms with Gasteiger partial charge in [0.1, 0.15) is 18.1 Å². The average Bonchev–Trinajstić information content (AvgIpc) is 3.08. The van der Waals surface area contributed by atoms with Crippen molar-refractivity contribution < 1.29 is 19.4 Å². The summed E-state index contributed by atoms with van der Waals surface area (Å²) in [6, 6.07) is 9.60. The number of ether oxygens (including phenoxy) is 1. The van der Waals surface area contributed by atoms with Crippen LogP contribution in [-0.4, -0.2) is 64.4 Å². The van der Waals surface area contributed by atoms with Gasteiger partial charge in [0, 0.05) is 31.0 Å². The van der Waals surface area contributed by atoms with Crippen LogP contribution in [0.3, 0.4) is 0 Å². The summed E-state index contributed by atoms with van der Waals surface area (Å²) in [5.41, 5.74) is 1.19. The Kier molecular flexibility index (Phi) is 7.78. The molecule has 0 spiro atoms. The van der Waals surface area contributed by atoms with E-state index in [2.05, 4.69) is 30.3 Å². The van der Waals surface area contributed by atoms with E-state index in [9.17, 15) is 14.7 Å². The summed E-state index contributed by atoms with van der Waals surface area (Å²) < 4.78 is 5.48. The summed E-state index contributed by atoms with van der Waals surface area (Å²) in [6.07, 6.45) is 4.90. The molecular weight excluding hydrogens is 406 g/mol. The molecule has 1 aromatic carbocycles. The highest BCUT2D eigenvalue weighted by molar-refractivity contribution is 6.46. The zero-order valence-corrected chi connectivity index (χ0v) is 18.5. The number of hydrogen-bond acceptors (Lipinski definition) is 6. The SMILES string of the molecule is C=CCOc1ccc(/C(O)=C2\C(=O)C(=O)N(CCN(CC)CC)[C@@H]2c2cccnc2)cc1. The number of nitrogens with zero attached hydrogens (tertiary/aromatic N) is 3. The Bertz CT molecular complexity index is 982. The van der Waals surface area contributed by atoms with Crippen molar-refractivity contribution in [3.8, 4) is 5.75 Å². The van der Waals surface area contributed by atoms with Gasteiger partial charge >= 0.3 is 0 Å². The minimum Gasteiger partial charge on any atom is -0.507 e. The standard InChI is InChI=1S/C25H29N3O4/c1-4-16-32-20-11-9-18(10-12-20)23(29)21-22(19-8-7-13-26-17-19)28(25(31)24(21)30)15-14-27(5-2)6-3/h4,7-13,17,22,29H,1,5-6,14-16H2,2-3H3/b23-21+/t22-/m1/s1. The number of likely N-dealkylation sites (N-methyl/N-ethyl adjacent to an activating group) is 1.